The average Bonchev–Trinajstić information content (AvgIpc) is 2.13. The summed E-state index contributed by atoms with van der Waals surface area (Å²) in [5.41, 5.74) is 1.14. The minimum atomic E-state index is 0.697. The minimum absolute atomic E-state index is 0.697. The number of alkyl halides is 1. The van der Waals surface area contributed by atoms with Gasteiger partial charge in [-0.3, -0.25) is 0 Å². The third-order valence-electron chi connectivity index (χ3n) is 1.32. The number of aryl methyl sites for hydroxylation is 3. The van der Waals surface area contributed by atoms with Gasteiger partial charge in [0.25, 0.3) is 0 Å². The lowest BCUT2D eigenvalue weighted by Gasteiger charge is -1.89. The molecule has 1 aromatic heterocycles. The topological polar surface area (TPSA) is 12.9 Å². The van der Waals surface area contributed by atoms with Gasteiger partial charge in [-0.05, 0) is 20.3 Å². The second-order valence-corrected chi connectivity index (χ2v) is 3.85. The highest BCUT2D eigenvalue weighted by Gasteiger charge is 2.02. The largest absolute Gasteiger partial charge is 0.247 e. The minimum Gasteiger partial charge on any atom is -0.247 e. The van der Waals surface area contributed by atoms with Gasteiger partial charge in [0.15, 0.2) is 0 Å². The van der Waals surface area contributed by atoms with Crippen LogP contribution >= 0.6 is 22.9 Å². The first-order valence-corrected chi connectivity index (χ1v) is 4.58. The summed E-state index contributed by atoms with van der Waals surface area (Å²) in [6.45, 7) is 4.06. The van der Waals surface area contributed by atoms with Crippen LogP contribution in [0.25, 0.3) is 0 Å². The molecular weight excluding hydrogens is 166 g/mol. The molecule has 0 bridgehead atoms. The summed E-state index contributed by atoms with van der Waals surface area (Å²) in [5, 5.41) is 1.14. The lowest BCUT2D eigenvalue weighted by Crippen LogP contribution is -1.83. The highest BCUT2D eigenvalue weighted by molar-refractivity contribution is 7.11. The van der Waals surface area contributed by atoms with Gasteiger partial charge < -0.3 is 0 Å². The van der Waals surface area contributed by atoms with Crippen molar-refractivity contribution in [2.24, 2.45) is 0 Å². The van der Waals surface area contributed by atoms with Crippen molar-refractivity contribution in [2.75, 3.05) is 5.88 Å². The predicted octanol–water partition coefficient (Wildman–Crippen LogP) is 2.54. The Bertz CT molecular complexity index is 219. The Labute approximate surface area is 70.1 Å². The normalized spacial score (nSPS) is 10.3. The SMILES string of the molecule is Cc1nc(C)c(CCCl)s1. The van der Waals surface area contributed by atoms with Crippen molar-refractivity contribution in [3.63, 3.8) is 0 Å². The van der Waals surface area contributed by atoms with Gasteiger partial charge in [0, 0.05) is 10.8 Å². The van der Waals surface area contributed by atoms with E-state index in [4.69, 9.17) is 11.6 Å². The molecule has 0 aliphatic carbocycles. The Morgan fingerprint density at radius 1 is 1.50 bits per heavy atom. The molecule has 0 atom stereocenters. The molecule has 0 fully saturated rings. The second-order valence-electron chi connectivity index (χ2n) is 2.18. The maximum Gasteiger partial charge on any atom is 0.0900 e. The van der Waals surface area contributed by atoms with Crippen LogP contribution in [0.15, 0.2) is 0 Å². The van der Waals surface area contributed by atoms with Crippen molar-refractivity contribution in [3.8, 4) is 0 Å². The van der Waals surface area contributed by atoms with Crippen LogP contribution in [-0.4, -0.2) is 10.9 Å². The van der Waals surface area contributed by atoms with E-state index in [0.29, 0.717) is 5.88 Å². The van der Waals surface area contributed by atoms with Crippen LogP contribution in [0.5, 0.6) is 0 Å². The van der Waals surface area contributed by atoms with Gasteiger partial charge in [0.05, 0.1) is 10.7 Å². The van der Waals surface area contributed by atoms with E-state index < -0.39 is 0 Å². The zero-order valence-corrected chi connectivity index (χ0v) is 7.72. The lowest BCUT2D eigenvalue weighted by atomic mass is 10.3. The van der Waals surface area contributed by atoms with Gasteiger partial charge in [-0.1, -0.05) is 0 Å². The predicted molar refractivity (Wildman–Crippen MR) is 46.0 cm³/mol. The molecule has 56 valence electrons. The van der Waals surface area contributed by atoms with Crippen LogP contribution < -0.4 is 0 Å². The molecule has 0 aliphatic rings. The molecule has 0 saturated heterocycles. The van der Waals surface area contributed by atoms with Crippen LogP contribution in [0.4, 0.5) is 0 Å². The molecule has 0 aromatic carbocycles. The lowest BCUT2D eigenvalue weighted by molar-refractivity contribution is 1.11. The molecule has 1 nitrogen and oxygen atoms in total. The Morgan fingerprint density at radius 2 is 2.20 bits per heavy atom. The van der Waals surface area contributed by atoms with E-state index in [1.54, 1.807) is 11.3 Å². The van der Waals surface area contributed by atoms with Crippen molar-refractivity contribution in [1.82, 2.24) is 4.98 Å². The molecule has 1 heterocycles. The number of nitrogens with zero attached hydrogens (tertiary/aromatic N) is 1. The highest BCUT2D eigenvalue weighted by atomic mass is 35.5. The summed E-state index contributed by atoms with van der Waals surface area (Å²) >= 11 is 7.34. The first-order chi connectivity index (χ1) is 4.74. The van der Waals surface area contributed by atoms with E-state index in [0.717, 1.165) is 17.1 Å². The molecule has 0 saturated carbocycles. The van der Waals surface area contributed by atoms with Crippen molar-refractivity contribution >= 4 is 22.9 Å². The fourth-order valence-electron chi connectivity index (χ4n) is 0.891. The fourth-order valence-corrected chi connectivity index (χ4v) is 2.13. The summed E-state index contributed by atoms with van der Waals surface area (Å²) in [6, 6.07) is 0. The summed E-state index contributed by atoms with van der Waals surface area (Å²) in [7, 11) is 0. The first-order valence-electron chi connectivity index (χ1n) is 3.23. The third kappa shape index (κ3) is 1.70. The van der Waals surface area contributed by atoms with E-state index in [1.807, 2.05) is 13.8 Å². The van der Waals surface area contributed by atoms with E-state index in [9.17, 15) is 0 Å². The standard InChI is InChI=1S/C7H10ClNS/c1-5-7(3-4-8)10-6(2)9-5/h3-4H2,1-2H3. The number of thiazole rings is 1. The van der Waals surface area contributed by atoms with E-state index in [2.05, 4.69) is 4.98 Å². The molecule has 0 amide bonds. The average molecular weight is 176 g/mol. The van der Waals surface area contributed by atoms with Crippen molar-refractivity contribution in [3.05, 3.63) is 15.6 Å². The maximum atomic E-state index is 5.60. The zero-order valence-electron chi connectivity index (χ0n) is 6.15. The van der Waals surface area contributed by atoms with Gasteiger partial charge in [-0.15, -0.1) is 22.9 Å². The van der Waals surface area contributed by atoms with Crippen LogP contribution in [0.2, 0.25) is 0 Å². The molecule has 3 heteroatoms. The number of halogens is 1. The van der Waals surface area contributed by atoms with Crippen LogP contribution in [0.1, 0.15) is 15.6 Å². The molecule has 10 heavy (non-hydrogen) atoms. The van der Waals surface area contributed by atoms with E-state index >= 15 is 0 Å². The molecule has 0 unspecified atom stereocenters. The highest BCUT2D eigenvalue weighted by Crippen LogP contribution is 2.17. The van der Waals surface area contributed by atoms with Crippen molar-refractivity contribution in [2.45, 2.75) is 20.3 Å². The van der Waals surface area contributed by atoms with Gasteiger partial charge >= 0.3 is 0 Å². The quantitative estimate of drug-likeness (QED) is 0.630. The van der Waals surface area contributed by atoms with E-state index in [1.165, 1.54) is 4.88 Å². The Kier molecular flexibility index (Phi) is 2.69. The summed E-state index contributed by atoms with van der Waals surface area (Å²) in [6.07, 6.45) is 0.957. The first kappa shape index (κ1) is 8.02. The van der Waals surface area contributed by atoms with Gasteiger partial charge in [0.1, 0.15) is 0 Å². The van der Waals surface area contributed by atoms with E-state index in [-0.39, 0.29) is 0 Å². The number of rotatable bonds is 2. The van der Waals surface area contributed by atoms with Gasteiger partial charge in [-0.25, -0.2) is 4.98 Å². The molecule has 1 rings (SSSR count). The Morgan fingerprint density at radius 3 is 2.60 bits per heavy atom. The number of aromatic nitrogens is 1. The van der Waals surface area contributed by atoms with Crippen molar-refractivity contribution < 1.29 is 0 Å². The monoisotopic (exact) mass is 175 g/mol. The molecule has 0 spiro atoms. The second kappa shape index (κ2) is 3.35. The molecule has 0 aliphatic heterocycles. The molecule has 1 aromatic rings. The Balaban J connectivity index is 2.81. The molecular formula is C7H10ClNS. The summed E-state index contributed by atoms with van der Waals surface area (Å²) in [5.74, 6) is 0.697. The van der Waals surface area contributed by atoms with Crippen molar-refractivity contribution in [1.29, 1.82) is 0 Å². The smallest absolute Gasteiger partial charge is 0.0900 e. The fraction of sp³-hybridized carbons (Fsp3) is 0.571. The molecule has 0 radical (unpaired) electrons. The number of hydrogen-bond donors (Lipinski definition) is 0. The van der Waals surface area contributed by atoms with Gasteiger partial charge in [0.2, 0.25) is 0 Å². The Hall–Kier alpha value is -0.0800. The number of hydrogen-bond acceptors (Lipinski definition) is 2. The van der Waals surface area contributed by atoms with Gasteiger partial charge in [-0.2, -0.15) is 0 Å². The summed E-state index contributed by atoms with van der Waals surface area (Å²) < 4.78 is 0. The molecule has 0 N–H and O–H groups in total. The van der Waals surface area contributed by atoms with Crippen LogP contribution in [0, 0.1) is 13.8 Å². The zero-order chi connectivity index (χ0) is 7.56. The maximum absolute atomic E-state index is 5.60. The van der Waals surface area contributed by atoms with Crippen LogP contribution in [-0.2, 0) is 6.42 Å². The van der Waals surface area contributed by atoms with Crippen LogP contribution in [0.3, 0.4) is 0 Å². The summed E-state index contributed by atoms with van der Waals surface area (Å²) in [4.78, 5) is 5.62. The third-order valence-corrected chi connectivity index (χ3v) is 2.64.